The Morgan fingerprint density at radius 1 is 1.04 bits per heavy atom. The number of thioether (sulfide) groups is 1. The minimum atomic E-state index is 0.558. The molecule has 0 bridgehead atoms. The second-order valence-electron chi connectivity index (χ2n) is 5.10. The van der Waals surface area contributed by atoms with Gasteiger partial charge in [0.25, 0.3) is 0 Å². The van der Waals surface area contributed by atoms with Gasteiger partial charge in [0.1, 0.15) is 11.6 Å². The molecule has 4 nitrogen and oxygen atoms in total. The summed E-state index contributed by atoms with van der Waals surface area (Å²) >= 11 is 13.6. The molecule has 0 radical (unpaired) electrons. The van der Waals surface area contributed by atoms with Crippen LogP contribution in [0.2, 0.25) is 10.0 Å². The van der Waals surface area contributed by atoms with Gasteiger partial charge in [-0.2, -0.15) is 0 Å². The molecule has 2 aromatic carbocycles. The van der Waals surface area contributed by atoms with Crippen LogP contribution in [0.4, 0.5) is 0 Å². The van der Waals surface area contributed by atoms with Crippen LogP contribution in [0.5, 0.6) is 5.75 Å². The molecule has 0 unspecified atom stereocenters. The number of hydrogen-bond donors (Lipinski definition) is 0. The summed E-state index contributed by atoms with van der Waals surface area (Å²) in [7, 11) is 1.65. The van der Waals surface area contributed by atoms with E-state index in [0.29, 0.717) is 10.0 Å². The normalized spacial score (nSPS) is 10.8. The molecule has 3 aromatic rings. The Morgan fingerprint density at radius 2 is 1.79 bits per heavy atom. The summed E-state index contributed by atoms with van der Waals surface area (Å²) in [5.41, 5.74) is 2.08. The highest BCUT2D eigenvalue weighted by Crippen LogP contribution is 2.29. The number of methoxy groups -OCH3 is 1. The van der Waals surface area contributed by atoms with Crippen molar-refractivity contribution in [3.05, 3.63) is 63.9 Å². The molecule has 3 rings (SSSR count). The topological polar surface area (TPSA) is 39.9 Å². The SMILES string of the molecule is COc1ccc(-n2c(C)nnc2SCc2ccc(Cl)c(Cl)c2)cc1. The van der Waals surface area contributed by atoms with Crippen LogP contribution in [0.15, 0.2) is 47.6 Å². The fraction of sp³-hybridized carbons (Fsp3) is 0.176. The number of nitrogens with zero attached hydrogens (tertiary/aromatic N) is 3. The number of ether oxygens (including phenoxy) is 1. The Bertz CT molecular complexity index is 850. The van der Waals surface area contributed by atoms with Gasteiger partial charge in [-0.15, -0.1) is 10.2 Å². The van der Waals surface area contributed by atoms with Crippen LogP contribution < -0.4 is 4.74 Å². The second kappa shape index (κ2) is 7.47. The molecule has 1 aromatic heterocycles. The van der Waals surface area contributed by atoms with E-state index in [2.05, 4.69) is 10.2 Å². The largest absolute Gasteiger partial charge is 0.497 e. The lowest BCUT2D eigenvalue weighted by Gasteiger charge is -2.09. The van der Waals surface area contributed by atoms with Gasteiger partial charge < -0.3 is 4.74 Å². The van der Waals surface area contributed by atoms with E-state index in [-0.39, 0.29) is 0 Å². The lowest BCUT2D eigenvalue weighted by molar-refractivity contribution is 0.414. The average Bonchev–Trinajstić information content (AvgIpc) is 2.97. The maximum Gasteiger partial charge on any atom is 0.196 e. The van der Waals surface area contributed by atoms with E-state index in [1.54, 1.807) is 24.9 Å². The van der Waals surface area contributed by atoms with Crippen molar-refractivity contribution < 1.29 is 4.74 Å². The van der Waals surface area contributed by atoms with E-state index in [1.165, 1.54) is 0 Å². The van der Waals surface area contributed by atoms with E-state index in [9.17, 15) is 0 Å². The summed E-state index contributed by atoms with van der Waals surface area (Å²) in [6.07, 6.45) is 0. The Labute approximate surface area is 154 Å². The molecule has 0 aliphatic carbocycles. The molecule has 0 saturated carbocycles. The van der Waals surface area contributed by atoms with Gasteiger partial charge in [0.15, 0.2) is 5.16 Å². The second-order valence-corrected chi connectivity index (χ2v) is 6.86. The minimum absolute atomic E-state index is 0.558. The van der Waals surface area contributed by atoms with E-state index >= 15 is 0 Å². The Balaban J connectivity index is 1.82. The van der Waals surface area contributed by atoms with Crippen LogP contribution >= 0.6 is 35.0 Å². The van der Waals surface area contributed by atoms with E-state index < -0.39 is 0 Å². The molecule has 7 heteroatoms. The standard InChI is InChI=1S/C17H15Cl2N3OS/c1-11-20-21-17(22(11)13-4-6-14(23-2)7-5-13)24-10-12-3-8-15(18)16(19)9-12/h3-9H,10H2,1-2H3. The highest BCUT2D eigenvalue weighted by atomic mass is 35.5. The number of rotatable bonds is 5. The van der Waals surface area contributed by atoms with Gasteiger partial charge in [-0.25, -0.2) is 0 Å². The lowest BCUT2D eigenvalue weighted by atomic mass is 10.2. The van der Waals surface area contributed by atoms with Gasteiger partial charge in [-0.3, -0.25) is 4.57 Å². The maximum absolute atomic E-state index is 6.07. The summed E-state index contributed by atoms with van der Waals surface area (Å²) in [5.74, 6) is 2.37. The Morgan fingerprint density at radius 3 is 2.46 bits per heavy atom. The van der Waals surface area contributed by atoms with Crippen molar-refractivity contribution in [2.45, 2.75) is 17.8 Å². The summed E-state index contributed by atoms with van der Waals surface area (Å²) in [5, 5.41) is 10.4. The fourth-order valence-electron chi connectivity index (χ4n) is 2.24. The van der Waals surface area contributed by atoms with Crippen molar-refractivity contribution in [3.8, 4) is 11.4 Å². The Hall–Kier alpha value is -1.69. The van der Waals surface area contributed by atoms with E-state index in [0.717, 1.165) is 33.7 Å². The van der Waals surface area contributed by atoms with Crippen molar-refractivity contribution in [2.75, 3.05) is 7.11 Å². The average molecular weight is 380 g/mol. The van der Waals surface area contributed by atoms with Crippen molar-refractivity contribution in [3.63, 3.8) is 0 Å². The summed E-state index contributed by atoms with van der Waals surface area (Å²) in [6.45, 7) is 1.93. The summed E-state index contributed by atoms with van der Waals surface area (Å²) in [4.78, 5) is 0. The molecule has 0 atom stereocenters. The number of halogens is 2. The molecular formula is C17H15Cl2N3OS. The molecule has 0 aliphatic rings. The van der Waals surface area contributed by atoms with Crippen LogP contribution in [0.25, 0.3) is 5.69 Å². The highest BCUT2D eigenvalue weighted by Gasteiger charge is 2.12. The smallest absolute Gasteiger partial charge is 0.196 e. The van der Waals surface area contributed by atoms with Gasteiger partial charge in [-0.05, 0) is 48.9 Å². The highest BCUT2D eigenvalue weighted by molar-refractivity contribution is 7.98. The zero-order valence-corrected chi connectivity index (χ0v) is 15.5. The third-order valence-electron chi connectivity index (χ3n) is 3.48. The maximum atomic E-state index is 6.07. The quantitative estimate of drug-likeness (QED) is 0.572. The Kier molecular flexibility index (Phi) is 5.33. The number of aromatic nitrogens is 3. The molecule has 124 valence electrons. The van der Waals surface area contributed by atoms with Crippen LogP contribution in [-0.2, 0) is 5.75 Å². The zero-order valence-electron chi connectivity index (χ0n) is 13.2. The van der Waals surface area contributed by atoms with Crippen molar-refractivity contribution in [1.29, 1.82) is 0 Å². The van der Waals surface area contributed by atoms with E-state index in [1.807, 2.05) is 47.9 Å². The first-order chi connectivity index (χ1) is 11.6. The number of benzene rings is 2. The van der Waals surface area contributed by atoms with Crippen LogP contribution in [-0.4, -0.2) is 21.9 Å². The monoisotopic (exact) mass is 379 g/mol. The first-order valence-electron chi connectivity index (χ1n) is 7.21. The van der Waals surface area contributed by atoms with Crippen molar-refractivity contribution in [1.82, 2.24) is 14.8 Å². The van der Waals surface area contributed by atoms with Crippen LogP contribution in [0.1, 0.15) is 11.4 Å². The molecule has 0 N–H and O–H groups in total. The van der Waals surface area contributed by atoms with Gasteiger partial charge in [0.2, 0.25) is 0 Å². The molecule has 1 heterocycles. The number of aryl methyl sites for hydroxylation is 1. The third kappa shape index (κ3) is 3.69. The predicted octanol–water partition coefficient (Wildman–Crippen LogP) is 5.18. The number of hydrogen-bond acceptors (Lipinski definition) is 4. The molecule has 24 heavy (non-hydrogen) atoms. The molecule has 0 aliphatic heterocycles. The summed E-state index contributed by atoms with van der Waals surface area (Å²) in [6, 6.07) is 13.4. The van der Waals surface area contributed by atoms with Gasteiger partial charge >= 0.3 is 0 Å². The molecule has 0 amide bonds. The molecule has 0 fully saturated rings. The molecule has 0 spiro atoms. The van der Waals surface area contributed by atoms with Gasteiger partial charge in [-0.1, -0.05) is 41.0 Å². The van der Waals surface area contributed by atoms with E-state index in [4.69, 9.17) is 27.9 Å². The van der Waals surface area contributed by atoms with Crippen LogP contribution in [0, 0.1) is 6.92 Å². The van der Waals surface area contributed by atoms with Crippen molar-refractivity contribution in [2.24, 2.45) is 0 Å². The zero-order chi connectivity index (χ0) is 17.1. The fourth-order valence-corrected chi connectivity index (χ4v) is 3.50. The lowest BCUT2D eigenvalue weighted by Crippen LogP contribution is -1.99. The summed E-state index contributed by atoms with van der Waals surface area (Å²) < 4.78 is 7.22. The first-order valence-corrected chi connectivity index (χ1v) is 8.96. The molecule has 0 saturated heterocycles. The van der Waals surface area contributed by atoms with Crippen LogP contribution in [0.3, 0.4) is 0 Å². The first kappa shape index (κ1) is 17.1. The predicted molar refractivity (Wildman–Crippen MR) is 98.7 cm³/mol. The third-order valence-corrected chi connectivity index (χ3v) is 5.22. The minimum Gasteiger partial charge on any atom is -0.497 e. The van der Waals surface area contributed by atoms with Gasteiger partial charge in [0, 0.05) is 11.4 Å². The van der Waals surface area contributed by atoms with Gasteiger partial charge in [0.05, 0.1) is 17.2 Å². The van der Waals surface area contributed by atoms with Crippen molar-refractivity contribution >= 4 is 35.0 Å². The molecular weight excluding hydrogens is 365 g/mol.